The fraction of sp³-hybridized carbons (Fsp3) is 0.545. The minimum absolute atomic E-state index is 0.257. The predicted octanol–water partition coefficient (Wildman–Crippen LogP) is 3.39. The Morgan fingerprint density at radius 1 is 1.53 bits per heavy atom. The first kappa shape index (κ1) is 12.3. The predicted molar refractivity (Wildman–Crippen MR) is 63.2 cm³/mol. The fourth-order valence-corrected chi connectivity index (χ4v) is 1.75. The quantitative estimate of drug-likeness (QED) is 0.918. The Morgan fingerprint density at radius 3 is 2.53 bits per heavy atom. The molecule has 0 unspecified atom stereocenters. The molecule has 0 amide bonds. The monoisotopic (exact) mass is 273 g/mol. The van der Waals surface area contributed by atoms with E-state index in [0.717, 1.165) is 17.6 Å². The molecule has 1 N–H and O–H groups in total. The summed E-state index contributed by atoms with van der Waals surface area (Å²) in [7, 11) is 0. The molecule has 0 atom stereocenters. The van der Waals surface area contributed by atoms with E-state index >= 15 is 0 Å². The summed E-state index contributed by atoms with van der Waals surface area (Å²) in [6, 6.07) is 1.63. The van der Waals surface area contributed by atoms with Crippen LogP contribution < -0.4 is 0 Å². The van der Waals surface area contributed by atoms with Gasteiger partial charge in [0.05, 0.1) is 10.2 Å². The highest BCUT2D eigenvalue weighted by molar-refractivity contribution is 9.10. The molecule has 0 bridgehead atoms. The molecular weight excluding hydrogens is 258 g/mol. The SMILES string of the molecule is CC(C)(C)CCn1cc(C(=O)O)cc1Br. The van der Waals surface area contributed by atoms with Crippen LogP contribution in [0.3, 0.4) is 0 Å². The Hall–Kier alpha value is -0.770. The summed E-state index contributed by atoms with van der Waals surface area (Å²) >= 11 is 3.35. The van der Waals surface area contributed by atoms with Crippen LogP contribution in [0.25, 0.3) is 0 Å². The van der Waals surface area contributed by atoms with Crippen molar-refractivity contribution in [2.45, 2.75) is 33.7 Å². The Bertz CT molecular complexity index is 363. The molecule has 1 aromatic heterocycles. The van der Waals surface area contributed by atoms with Crippen LogP contribution in [-0.4, -0.2) is 15.6 Å². The van der Waals surface area contributed by atoms with Gasteiger partial charge in [0.1, 0.15) is 0 Å². The second-order valence-corrected chi connectivity index (χ2v) is 5.67. The number of hydrogen-bond acceptors (Lipinski definition) is 1. The highest BCUT2D eigenvalue weighted by Crippen LogP contribution is 2.22. The van der Waals surface area contributed by atoms with Crippen molar-refractivity contribution in [1.82, 2.24) is 4.57 Å². The molecule has 1 heterocycles. The highest BCUT2D eigenvalue weighted by Gasteiger charge is 2.13. The lowest BCUT2D eigenvalue weighted by Crippen LogP contribution is -2.10. The molecule has 1 rings (SSSR count). The highest BCUT2D eigenvalue weighted by atomic mass is 79.9. The van der Waals surface area contributed by atoms with Gasteiger partial charge in [0.25, 0.3) is 0 Å². The average Bonchev–Trinajstić information content (AvgIpc) is 2.42. The molecule has 1 aromatic rings. The topological polar surface area (TPSA) is 42.2 Å². The van der Waals surface area contributed by atoms with Crippen LogP contribution in [-0.2, 0) is 6.54 Å². The lowest BCUT2D eigenvalue weighted by molar-refractivity contribution is 0.0697. The lowest BCUT2D eigenvalue weighted by Gasteiger charge is -2.18. The van der Waals surface area contributed by atoms with Crippen LogP contribution in [0.4, 0.5) is 0 Å². The van der Waals surface area contributed by atoms with Gasteiger partial charge < -0.3 is 9.67 Å². The Balaban J connectivity index is 2.74. The molecule has 3 nitrogen and oxygen atoms in total. The van der Waals surface area contributed by atoms with E-state index < -0.39 is 5.97 Å². The van der Waals surface area contributed by atoms with Gasteiger partial charge in [0.2, 0.25) is 0 Å². The largest absolute Gasteiger partial charge is 0.478 e. The normalized spacial score (nSPS) is 11.7. The van der Waals surface area contributed by atoms with Gasteiger partial charge in [-0.05, 0) is 33.8 Å². The van der Waals surface area contributed by atoms with Crippen molar-refractivity contribution in [2.75, 3.05) is 0 Å². The van der Waals surface area contributed by atoms with E-state index in [1.54, 1.807) is 12.3 Å². The zero-order chi connectivity index (χ0) is 11.6. The molecule has 15 heavy (non-hydrogen) atoms. The third kappa shape index (κ3) is 3.70. The third-order valence-corrected chi connectivity index (χ3v) is 2.88. The van der Waals surface area contributed by atoms with Gasteiger partial charge in [0, 0.05) is 12.7 Å². The zero-order valence-electron chi connectivity index (χ0n) is 9.25. The minimum Gasteiger partial charge on any atom is -0.478 e. The average molecular weight is 274 g/mol. The molecule has 0 aromatic carbocycles. The van der Waals surface area contributed by atoms with Crippen molar-refractivity contribution >= 4 is 21.9 Å². The zero-order valence-corrected chi connectivity index (χ0v) is 10.8. The third-order valence-electron chi connectivity index (χ3n) is 2.19. The number of hydrogen-bond donors (Lipinski definition) is 1. The fourth-order valence-electron chi connectivity index (χ4n) is 1.22. The van der Waals surface area contributed by atoms with Gasteiger partial charge in [-0.3, -0.25) is 0 Å². The number of carbonyl (C=O) groups is 1. The van der Waals surface area contributed by atoms with Crippen molar-refractivity contribution in [3.05, 3.63) is 22.4 Å². The maximum Gasteiger partial charge on any atom is 0.337 e. The van der Waals surface area contributed by atoms with Crippen LogP contribution in [0.5, 0.6) is 0 Å². The maximum atomic E-state index is 10.7. The van der Waals surface area contributed by atoms with Crippen LogP contribution in [0.2, 0.25) is 0 Å². The van der Waals surface area contributed by atoms with Crippen LogP contribution in [0, 0.1) is 5.41 Å². The summed E-state index contributed by atoms with van der Waals surface area (Å²) in [5, 5.41) is 8.82. The second kappa shape index (κ2) is 4.39. The first-order chi connectivity index (χ1) is 6.79. The Labute approximate surface area is 98.2 Å². The van der Waals surface area contributed by atoms with E-state index in [0.29, 0.717) is 5.56 Å². The number of aromatic carboxylic acids is 1. The molecule has 4 heteroatoms. The number of carboxylic acid groups (broad SMARTS) is 1. The van der Waals surface area contributed by atoms with Gasteiger partial charge in [-0.1, -0.05) is 20.8 Å². The van der Waals surface area contributed by atoms with Gasteiger partial charge in [-0.25, -0.2) is 4.79 Å². The number of halogens is 1. The van der Waals surface area contributed by atoms with Crippen molar-refractivity contribution in [3.8, 4) is 0 Å². The maximum absolute atomic E-state index is 10.7. The summed E-state index contributed by atoms with van der Waals surface area (Å²) < 4.78 is 2.75. The smallest absolute Gasteiger partial charge is 0.337 e. The van der Waals surface area contributed by atoms with Gasteiger partial charge >= 0.3 is 5.97 Å². The molecule has 0 aliphatic carbocycles. The van der Waals surface area contributed by atoms with E-state index in [4.69, 9.17) is 5.11 Å². The van der Waals surface area contributed by atoms with Crippen molar-refractivity contribution in [3.63, 3.8) is 0 Å². The van der Waals surface area contributed by atoms with E-state index in [-0.39, 0.29) is 5.41 Å². The van der Waals surface area contributed by atoms with E-state index in [2.05, 4.69) is 36.7 Å². The minimum atomic E-state index is -0.884. The van der Waals surface area contributed by atoms with Crippen LogP contribution in [0.1, 0.15) is 37.6 Å². The summed E-state index contributed by atoms with van der Waals surface area (Å²) in [6.07, 6.45) is 2.68. The van der Waals surface area contributed by atoms with Crippen molar-refractivity contribution in [1.29, 1.82) is 0 Å². The molecule has 0 fully saturated rings. The first-order valence-electron chi connectivity index (χ1n) is 4.88. The molecule has 0 radical (unpaired) electrons. The molecule has 0 aliphatic rings. The summed E-state index contributed by atoms with van der Waals surface area (Å²) in [6.45, 7) is 7.34. The lowest BCUT2D eigenvalue weighted by atomic mass is 9.92. The molecular formula is C11H16BrNO2. The van der Waals surface area contributed by atoms with Gasteiger partial charge in [-0.15, -0.1) is 0 Å². The molecule has 0 saturated carbocycles. The number of rotatable bonds is 3. The number of carboxylic acids is 1. The van der Waals surface area contributed by atoms with Crippen molar-refractivity contribution in [2.24, 2.45) is 5.41 Å². The van der Waals surface area contributed by atoms with Gasteiger partial charge in [-0.2, -0.15) is 0 Å². The number of aromatic nitrogens is 1. The summed E-state index contributed by atoms with van der Waals surface area (Å²) in [5.41, 5.74) is 0.586. The molecule has 0 spiro atoms. The summed E-state index contributed by atoms with van der Waals surface area (Å²) in [5.74, 6) is -0.884. The Morgan fingerprint density at radius 2 is 2.13 bits per heavy atom. The molecule has 84 valence electrons. The molecule has 0 aliphatic heterocycles. The van der Waals surface area contributed by atoms with Gasteiger partial charge in [0.15, 0.2) is 0 Å². The van der Waals surface area contributed by atoms with E-state index in [1.165, 1.54) is 0 Å². The number of aryl methyl sites for hydroxylation is 1. The standard InChI is InChI=1S/C11H16BrNO2/c1-11(2,3)4-5-13-7-8(10(14)15)6-9(13)12/h6-7H,4-5H2,1-3H3,(H,14,15). The van der Waals surface area contributed by atoms with E-state index in [9.17, 15) is 4.79 Å². The number of nitrogens with zero attached hydrogens (tertiary/aromatic N) is 1. The van der Waals surface area contributed by atoms with Crippen LogP contribution >= 0.6 is 15.9 Å². The van der Waals surface area contributed by atoms with Crippen molar-refractivity contribution < 1.29 is 9.90 Å². The van der Waals surface area contributed by atoms with E-state index in [1.807, 2.05) is 4.57 Å². The Kier molecular flexibility index (Phi) is 3.60. The summed E-state index contributed by atoms with van der Waals surface area (Å²) in [4.78, 5) is 10.7. The van der Waals surface area contributed by atoms with Crippen LogP contribution in [0.15, 0.2) is 16.9 Å². The molecule has 0 saturated heterocycles. The first-order valence-corrected chi connectivity index (χ1v) is 5.68. The second-order valence-electron chi connectivity index (χ2n) is 4.86.